The third-order valence-corrected chi connectivity index (χ3v) is 2.87. The van der Waals surface area contributed by atoms with Gasteiger partial charge in [-0.2, -0.15) is 4.98 Å². The smallest absolute Gasteiger partial charge is 0.223 e. The largest absolute Gasteiger partial charge is 0.373 e. The van der Waals surface area contributed by atoms with Crippen LogP contribution in [-0.2, 0) is 0 Å². The van der Waals surface area contributed by atoms with Gasteiger partial charge in [0.25, 0.3) is 0 Å². The first kappa shape index (κ1) is 10.8. The Morgan fingerprint density at radius 3 is 2.62 bits per heavy atom. The molecule has 3 N–H and O–H groups in total. The normalized spacial score (nSPS) is 10.1. The fourth-order valence-electron chi connectivity index (χ4n) is 1.23. The molecule has 4 nitrogen and oxygen atoms in total. The van der Waals surface area contributed by atoms with Crippen LogP contribution in [0.3, 0.4) is 0 Å². The third kappa shape index (κ3) is 2.64. The van der Waals surface area contributed by atoms with E-state index in [1.807, 2.05) is 36.4 Å². The number of aromatic nitrogens is 2. The van der Waals surface area contributed by atoms with Crippen molar-refractivity contribution >= 4 is 23.5 Å². The Kier molecular flexibility index (Phi) is 3.26. The molecule has 1 aromatic heterocycles. The van der Waals surface area contributed by atoms with Crippen molar-refractivity contribution < 1.29 is 0 Å². The van der Waals surface area contributed by atoms with Gasteiger partial charge in [0.15, 0.2) is 0 Å². The summed E-state index contributed by atoms with van der Waals surface area (Å²) in [4.78, 5) is 9.33. The van der Waals surface area contributed by atoms with Crippen LogP contribution >= 0.6 is 11.8 Å². The number of hydrogen-bond donors (Lipinski definition) is 2. The summed E-state index contributed by atoms with van der Waals surface area (Å²) in [7, 11) is 1.80. The molecule has 0 bridgehead atoms. The summed E-state index contributed by atoms with van der Waals surface area (Å²) >= 11 is 1.56. The fourth-order valence-corrected chi connectivity index (χ4v) is 2.08. The van der Waals surface area contributed by atoms with Gasteiger partial charge in [0.05, 0.1) is 0 Å². The summed E-state index contributed by atoms with van der Waals surface area (Å²) in [5, 5.41) is 3.79. The van der Waals surface area contributed by atoms with Crippen LogP contribution in [0.4, 0.5) is 11.8 Å². The lowest BCUT2D eigenvalue weighted by Crippen LogP contribution is -2.00. The average Bonchev–Trinajstić information content (AvgIpc) is 2.29. The quantitative estimate of drug-likeness (QED) is 0.795. The Labute approximate surface area is 98.3 Å². The minimum absolute atomic E-state index is 0.283. The highest BCUT2D eigenvalue weighted by atomic mass is 32.2. The molecule has 2 rings (SSSR count). The van der Waals surface area contributed by atoms with Crippen molar-refractivity contribution in [3.63, 3.8) is 0 Å². The monoisotopic (exact) mass is 232 g/mol. The van der Waals surface area contributed by atoms with Crippen molar-refractivity contribution in [3.8, 4) is 0 Å². The van der Waals surface area contributed by atoms with Crippen LogP contribution in [-0.4, -0.2) is 17.0 Å². The van der Waals surface area contributed by atoms with Gasteiger partial charge in [0.2, 0.25) is 5.95 Å². The second-order valence-electron chi connectivity index (χ2n) is 3.11. The van der Waals surface area contributed by atoms with Crippen LogP contribution in [0.2, 0.25) is 0 Å². The lowest BCUT2D eigenvalue weighted by Gasteiger charge is -2.04. The first-order valence-electron chi connectivity index (χ1n) is 4.83. The molecule has 0 aliphatic rings. The molecule has 82 valence electrons. The molecule has 0 saturated heterocycles. The van der Waals surface area contributed by atoms with E-state index in [1.165, 1.54) is 0 Å². The van der Waals surface area contributed by atoms with Crippen LogP contribution in [0.25, 0.3) is 0 Å². The summed E-state index contributed by atoms with van der Waals surface area (Å²) in [6.07, 6.45) is 0. The van der Waals surface area contributed by atoms with Gasteiger partial charge in [0.1, 0.15) is 10.8 Å². The molecular formula is C11H12N4S. The lowest BCUT2D eigenvalue weighted by molar-refractivity contribution is 1.06. The number of nitrogens with one attached hydrogen (secondary N) is 1. The highest BCUT2D eigenvalue weighted by Crippen LogP contribution is 2.27. The van der Waals surface area contributed by atoms with Crippen LogP contribution < -0.4 is 11.1 Å². The minimum atomic E-state index is 0.283. The molecule has 1 aromatic carbocycles. The molecule has 5 heteroatoms. The zero-order valence-electron chi connectivity index (χ0n) is 8.84. The molecule has 0 aliphatic heterocycles. The molecule has 0 unspecified atom stereocenters. The first-order chi connectivity index (χ1) is 7.78. The van der Waals surface area contributed by atoms with Gasteiger partial charge in [-0.1, -0.05) is 30.0 Å². The first-order valence-corrected chi connectivity index (χ1v) is 5.65. The molecule has 0 aliphatic carbocycles. The number of hydrogen-bond acceptors (Lipinski definition) is 5. The van der Waals surface area contributed by atoms with Gasteiger partial charge in [-0.25, -0.2) is 4.98 Å². The number of benzene rings is 1. The molecule has 16 heavy (non-hydrogen) atoms. The zero-order valence-corrected chi connectivity index (χ0v) is 9.66. The van der Waals surface area contributed by atoms with E-state index in [0.29, 0.717) is 0 Å². The number of anilines is 2. The summed E-state index contributed by atoms with van der Waals surface area (Å²) in [6, 6.07) is 11.9. The number of nitrogens with two attached hydrogens (primary N) is 1. The third-order valence-electron chi connectivity index (χ3n) is 1.94. The van der Waals surface area contributed by atoms with Crippen molar-refractivity contribution in [3.05, 3.63) is 36.4 Å². The van der Waals surface area contributed by atoms with E-state index in [1.54, 1.807) is 18.8 Å². The van der Waals surface area contributed by atoms with Gasteiger partial charge < -0.3 is 11.1 Å². The SMILES string of the molecule is CNc1cc(Sc2ccccc2)nc(N)n1. The fraction of sp³-hybridized carbons (Fsp3) is 0.0909. The van der Waals surface area contributed by atoms with Crippen LogP contribution in [0, 0.1) is 0 Å². The molecule has 0 saturated carbocycles. The van der Waals surface area contributed by atoms with E-state index >= 15 is 0 Å². The standard InChI is InChI=1S/C11H12N4S/c1-13-9-7-10(15-11(12)14-9)16-8-5-3-2-4-6-8/h2-7H,1H3,(H3,12,13,14,15). The Balaban J connectivity index is 2.24. The molecule has 0 radical (unpaired) electrons. The molecule has 2 aromatic rings. The second-order valence-corrected chi connectivity index (χ2v) is 4.21. The predicted octanol–water partition coefficient (Wildman–Crippen LogP) is 2.25. The average molecular weight is 232 g/mol. The highest BCUT2D eigenvalue weighted by molar-refractivity contribution is 7.99. The number of nitrogens with zero attached hydrogens (tertiary/aromatic N) is 2. The predicted molar refractivity (Wildman–Crippen MR) is 66.6 cm³/mol. The molecule has 1 heterocycles. The van der Waals surface area contributed by atoms with Crippen LogP contribution in [0.5, 0.6) is 0 Å². The van der Waals surface area contributed by atoms with Crippen LogP contribution in [0.1, 0.15) is 0 Å². The maximum absolute atomic E-state index is 5.61. The Morgan fingerprint density at radius 1 is 1.19 bits per heavy atom. The summed E-state index contributed by atoms with van der Waals surface area (Å²) < 4.78 is 0. The summed E-state index contributed by atoms with van der Waals surface area (Å²) in [5.74, 6) is 1.01. The summed E-state index contributed by atoms with van der Waals surface area (Å²) in [6.45, 7) is 0. The van der Waals surface area contributed by atoms with E-state index < -0.39 is 0 Å². The zero-order chi connectivity index (χ0) is 11.4. The molecule has 0 amide bonds. The second kappa shape index (κ2) is 4.85. The van der Waals surface area contributed by atoms with Crippen molar-refractivity contribution in [2.45, 2.75) is 9.92 Å². The highest BCUT2D eigenvalue weighted by Gasteiger charge is 2.02. The van der Waals surface area contributed by atoms with Gasteiger partial charge in [-0.3, -0.25) is 0 Å². The molecular weight excluding hydrogens is 220 g/mol. The maximum atomic E-state index is 5.61. The van der Waals surface area contributed by atoms with E-state index in [9.17, 15) is 0 Å². The van der Waals surface area contributed by atoms with E-state index in [0.717, 1.165) is 15.7 Å². The van der Waals surface area contributed by atoms with Crippen molar-refractivity contribution in [2.75, 3.05) is 18.1 Å². The number of nitrogen functional groups attached to an aromatic ring is 1. The van der Waals surface area contributed by atoms with Crippen molar-refractivity contribution in [1.82, 2.24) is 9.97 Å². The molecule has 0 atom stereocenters. The van der Waals surface area contributed by atoms with Crippen molar-refractivity contribution in [2.24, 2.45) is 0 Å². The lowest BCUT2D eigenvalue weighted by atomic mass is 10.4. The maximum Gasteiger partial charge on any atom is 0.223 e. The van der Waals surface area contributed by atoms with E-state index in [-0.39, 0.29) is 5.95 Å². The minimum Gasteiger partial charge on any atom is -0.373 e. The number of rotatable bonds is 3. The molecule has 0 spiro atoms. The summed E-state index contributed by atoms with van der Waals surface area (Å²) in [5.41, 5.74) is 5.61. The Morgan fingerprint density at radius 2 is 1.94 bits per heavy atom. The van der Waals surface area contributed by atoms with E-state index in [2.05, 4.69) is 15.3 Å². The van der Waals surface area contributed by atoms with Crippen molar-refractivity contribution in [1.29, 1.82) is 0 Å². The Hall–Kier alpha value is -1.75. The molecule has 0 fully saturated rings. The van der Waals surface area contributed by atoms with Crippen LogP contribution in [0.15, 0.2) is 46.3 Å². The van der Waals surface area contributed by atoms with Gasteiger partial charge in [-0.05, 0) is 12.1 Å². The van der Waals surface area contributed by atoms with Gasteiger partial charge >= 0.3 is 0 Å². The van der Waals surface area contributed by atoms with E-state index in [4.69, 9.17) is 5.73 Å². The Bertz CT molecular complexity index is 473. The van der Waals surface area contributed by atoms with Gasteiger partial charge in [-0.15, -0.1) is 0 Å². The topological polar surface area (TPSA) is 63.8 Å². The van der Waals surface area contributed by atoms with Gasteiger partial charge in [0, 0.05) is 18.0 Å².